The third-order valence-electron chi connectivity index (χ3n) is 5.24. The van der Waals surface area contributed by atoms with Gasteiger partial charge in [-0.2, -0.15) is 0 Å². The van der Waals surface area contributed by atoms with Crippen molar-refractivity contribution < 1.29 is 14.3 Å². The Bertz CT molecular complexity index is 1070. The predicted molar refractivity (Wildman–Crippen MR) is 142 cm³/mol. The number of hydrogen-bond acceptors (Lipinski definition) is 4. The number of amides is 1. The van der Waals surface area contributed by atoms with Crippen LogP contribution in [0.2, 0.25) is 0 Å². The number of hydrogen-bond donors (Lipinski definition) is 2. The van der Waals surface area contributed by atoms with Gasteiger partial charge in [0.15, 0.2) is 5.11 Å². The minimum Gasteiger partial charge on any atom is -0.490 e. The van der Waals surface area contributed by atoms with E-state index in [0.717, 1.165) is 17.7 Å². The summed E-state index contributed by atoms with van der Waals surface area (Å²) in [6.45, 7) is 7.04. The van der Waals surface area contributed by atoms with E-state index in [9.17, 15) is 4.79 Å². The zero-order chi connectivity index (χ0) is 24.3. The Hall–Kier alpha value is -3.38. The van der Waals surface area contributed by atoms with Crippen LogP contribution in [-0.4, -0.2) is 24.2 Å². The highest BCUT2D eigenvalue weighted by Gasteiger charge is 2.17. The molecule has 0 radical (unpaired) electrons. The van der Waals surface area contributed by atoms with Gasteiger partial charge in [-0.1, -0.05) is 68.4 Å². The van der Waals surface area contributed by atoms with Crippen LogP contribution in [0.4, 0.5) is 5.69 Å². The molecule has 1 unspecified atom stereocenters. The van der Waals surface area contributed by atoms with Gasteiger partial charge in [0.1, 0.15) is 24.7 Å². The molecule has 3 aromatic carbocycles. The lowest BCUT2D eigenvalue weighted by molar-refractivity contribution is -0.120. The fourth-order valence-corrected chi connectivity index (χ4v) is 3.67. The van der Waals surface area contributed by atoms with Gasteiger partial charge < -0.3 is 20.1 Å². The fourth-order valence-electron chi connectivity index (χ4n) is 3.46. The number of benzene rings is 3. The molecule has 6 heteroatoms. The van der Waals surface area contributed by atoms with Crippen molar-refractivity contribution >= 4 is 28.9 Å². The van der Waals surface area contributed by atoms with Gasteiger partial charge in [-0.3, -0.25) is 4.79 Å². The molecular weight excluding hydrogens is 444 g/mol. The lowest BCUT2D eigenvalue weighted by Gasteiger charge is -2.17. The van der Waals surface area contributed by atoms with Crippen molar-refractivity contribution in [1.29, 1.82) is 0 Å². The molecule has 1 amide bonds. The first kappa shape index (κ1) is 25.2. The highest BCUT2D eigenvalue weighted by molar-refractivity contribution is 7.80. The Morgan fingerprint density at radius 3 is 2.21 bits per heavy atom. The number of thiocarbonyl (C=S) groups is 1. The third kappa shape index (κ3) is 7.89. The third-order valence-corrected chi connectivity index (χ3v) is 5.45. The highest BCUT2D eigenvalue weighted by Crippen LogP contribution is 2.24. The number of carbonyl (C=O) groups is 1. The van der Waals surface area contributed by atoms with Gasteiger partial charge in [-0.25, -0.2) is 0 Å². The Morgan fingerprint density at radius 2 is 1.50 bits per heavy atom. The molecule has 0 spiro atoms. The van der Waals surface area contributed by atoms with Gasteiger partial charge in [0.2, 0.25) is 5.91 Å². The lowest BCUT2D eigenvalue weighted by Crippen LogP contribution is -2.36. The van der Waals surface area contributed by atoms with Gasteiger partial charge in [0.25, 0.3) is 0 Å². The maximum Gasteiger partial charge on any atom is 0.233 e. The molecule has 0 aliphatic carbocycles. The molecule has 0 saturated carbocycles. The Balaban J connectivity index is 1.50. The zero-order valence-corrected chi connectivity index (χ0v) is 20.7. The van der Waals surface area contributed by atoms with E-state index >= 15 is 0 Å². The van der Waals surface area contributed by atoms with Crippen molar-refractivity contribution in [3.63, 3.8) is 0 Å². The summed E-state index contributed by atoms with van der Waals surface area (Å²) < 4.78 is 11.5. The first-order valence-corrected chi connectivity index (χ1v) is 11.9. The van der Waals surface area contributed by atoms with Crippen LogP contribution in [-0.2, 0) is 11.2 Å². The molecule has 0 heterocycles. The van der Waals surface area contributed by atoms with E-state index in [1.54, 1.807) is 0 Å². The summed E-state index contributed by atoms with van der Waals surface area (Å²) in [6.07, 6.45) is 1.02. The molecule has 2 N–H and O–H groups in total. The molecule has 3 rings (SSSR count). The molecule has 0 bridgehead atoms. The zero-order valence-electron chi connectivity index (χ0n) is 19.9. The van der Waals surface area contributed by atoms with Crippen LogP contribution < -0.4 is 20.1 Å². The van der Waals surface area contributed by atoms with Gasteiger partial charge >= 0.3 is 0 Å². The van der Waals surface area contributed by atoms with Crippen LogP contribution in [0.25, 0.3) is 0 Å². The molecule has 0 fully saturated rings. The molecule has 178 valence electrons. The van der Waals surface area contributed by atoms with Crippen LogP contribution in [0, 0.1) is 5.92 Å². The van der Waals surface area contributed by atoms with E-state index in [1.807, 2.05) is 73.7 Å². The second-order valence-electron chi connectivity index (χ2n) is 8.51. The number of anilines is 1. The van der Waals surface area contributed by atoms with E-state index < -0.39 is 0 Å². The molecule has 0 aliphatic rings. The normalized spacial score (nSPS) is 11.5. The average Bonchev–Trinajstić information content (AvgIpc) is 2.83. The smallest absolute Gasteiger partial charge is 0.233 e. The summed E-state index contributed by atoms with van der Waals surface area (Å²) in [7, 11) is 0. The summed E-state index contributed by atoms with van der Waals surface area (Å²) in [5.74, 6) is 1.53. The van der Waals surface area contributed by atoms with Crippen LogP contribution in [0.1, 0.15) is 37.8 Å². The molecule has 3 aromatic rings. The maximum absolute atomic E-state index is 12.8. The van der Waals surface area contributed by atoms with E-state index in [0.29, 0.717) is 30.6 Å². The molecule has 34 heavy (non-hydrogen) atoms. The molecule has 5 nitrogen and oxygen atoms in total. The lowest BCUT2D eigenvalue weighted by atomic mass is 9.96. The summed E-state index contributed by atoms with van der Waals surface area (Å²) in [4.78, 5) is 12.8. The van der Waals surface area contributed by atoms with Gasteiger partial charge in [-0.05, 0) is 66.9 Å². The van der Waals surface area contributed by atoms with Crippen molar-refractivity contribution in [2.45, 2.75) is 33.1 Å². The van der Waals surface area contributed by atoms with Crippen LogP contribution in [0.3, 0.4) is 0 Å². The number of nitrogens with one attached hydrogen (secondary N) is 2. The van der Waals surface area contributed by atoms with Crippen LogP contribution >= 0.6 is 12.2 Å². The molecule has 1 atom stereocenters. The Kier molecular flexibility index (Phi) is 9.47. The second-order valence-corrected chi connectivity index (χ2v) is 8.92. The summed E-state index contributed by atoms with van der Waals surface area (Å²) in [5, 5.41) is 6.09. The van der Waals surface area contributed by atoms with Crippen molar-refractivity contribution in [3.05, 3.63) is 90.0 Å². The maximum atomic E-state index is 12.8. The van der Waals surface area contributed by atoms with Crippen molar-refractivity contribution in [1.82, 2.24) is 5.32 Å². The van der Waals surface area contributed by atoms with E-state index in [-0.39, 0.29) is 16.9 Å². The Labute approximate surface area is 207 Å². The first-order valence-electron chi connectivity index (χ1n) is 11.5. The number of ether oxygens (including phenoxy) is 2. The largest absolute Gasteiger partial charge is 0.490 e. The van der Waals surface area contributed by atoms with Crippen LogP contribution in [0.15, 0.2) is 78.9 Å². The standard InChI is InChI=1S/C28H32N2O3S/c1-20(2)19-22-13-15-23(16-14-22)21(3)27(31)30-28(34)29-25-11-7-8-12-26(25)33-18-17-32-24-9-5-4-6-10-24/h4-16,20-21H,17-19H2,1-3H3,(H2,29,30,31,34). The Morgan fingerprint density at radius 1 is 0.853 bits per heavy atom. The van der Waals surface area contributed by atoms with E-state index in [2.05, 4.69) is 36.6 Å². The second kappa shape index (κ2) is 12.8. The quantitative estimate of drug-likeness (QED) is 0.279. The van der Waals surface area contributed by atoms with Crippen molar-refractivity contribution in [2.75, 3.05) is 18.5 Å². The monoisotopic (exact) mass is 476 g/mol. The minimum absolute atomic E-state index is 0.163. The van der Waals surface area contributed by atoms with Gasteiger partial charge in [0, 0.05) is 0 Å². The summed E-state index contributed by atoms with van der Waals surface area (Å²) in [6, 6.07) is 25.2. The van der Waals surface area contributed by atoms with Gasteiger partial charge in [-0.15, -0.1) is 0 Å². The molecule has 0 saturated heterocycles. The molecular formula is C28H32N2O3S. The topological polar surface area (TPSA) is 59.6 Å². The van der Waals surface area contributed by atoms with Crippen molar-refractivity contribution in [2.24, 2.45) is 5.92 Å². The predicted octanol–water partition coefficient (Wildman–Crippen LogP) is 5.96. The summed E-state index contributed by atoms with van der Waals surface area (Å²) in [5.41, 5.74) is 2.91. The number of carbonyl (C=O) groups excluding carboxylic acids is 1. The summed E-state index contributed by atoms with van der Waals surface area (Å²) >= 11 is 5.39. The molecule has 0 aliphatic heterocycles. The van der Waals surface area contributed by atoms with Crippen molar-refractivity contribution in [3.8, 4) is 11.5 Å². The van der Waals surface area contributed by atoms with Gasteiger partial charge in [0.05, 0.1) is 11.6 Å². The minimum atomic E-state index is -0.325. The SMILES string of the molecule is CC(C)Cc1ccc(C(C)C(=O)NC(=S)Nc2ccccc2OCCOc2ccccc2)cc1. The van der Waals surface area contributed by atoms with E-state index in [4.69, 9.17) is 21.7 Å². The average molecular weight is 477 g/mol. The highest BCUT2D eigenvalue weighted by atomic mass is 32.1. The van der Waals surface area contributed by atoms with E-state index in [1.165, 1.54) is 5.56 Å². The number of rotatable bonds is 10. The van der Waals surface area contributed by atoms with Crippen LogP contribution in [0.5, 0.6) is 11.5 Å². The fraction of sp³-hybridized carbons (Fsp3) is 0.286. The first-order chi connectivity index (χ1) is 16.4. The molecule has 0 aromatic heterocycles. The number of para-hydroxylation sites is 3.